The maximum absolute atomic E-state index is 12.6. The highest BCUT2D eigenvalue weighted by Crippen LogP contribution is 2.49. The number of methoxy groups -OCH3 is 2. The Morgan fingerprint density at radius 2 is 1.90 bits per heavy atom. The van der Waals surface area contributed by atoms with Crippen molar-refractivity contribution in [1.82, 2.24) is 10.2 Å². The fraction of sp³-hybridized carbons (Fsp3) is 0.458. The number of hydrogen-bond acceptors (Lipinski definition) is 4. The van der Waals surface area contributed by atoms with E-state index in [1.807, 2.05) is 18.2 Å². The molecular formula is C24H30ClN3O3. The van der Waals surface area contributed by atoms with Crippen molar-refractivity contribution in [2.45, 2.75) is 43.2 Å². The Morgan fingerprint density at radius 3 is 2.65 bits per heavy atom. The van der Waals surface area contributed by atoms with E-state index >= 15 is 0 Å². The maximum atomic E-state index is 12.6. The first-order chi connectivity index (χ1) is 15.0. The number of halogens is 1. The number of nitrogens with one attached hydrogen (secondary N) is 2. The quantitative estimate of drug-likeness (QED) is 0.704. The topological polar surface area (TPSA) is 62.8 Å². The molecule has 0 aromatic heterocycles. The number of hydrogen-bond donors (Lipinski definition) is 2. The van der Waals surface area contributed by atoms with Gasteiger partial charge in [-0.3, -0.25) is 0 Å². The predicted molar refractivity (Wildman–Crippen MR) is 124 cm³/mol. The summed E-state index contributed by atoms with van der Waals surface area (Å²) >= 11 is 6.17. The summed E-state index contributed by atoms with van der Waals surface area (Å²) in [6, 6.07) is 13.8. The Kier molecular flexibility index (Phi) is 6.30. The molecule has 1 aliphatic heterocycles. The van der Waals surface area contributed by atoms with Gasteiger partial charge in [-0.1, -0.05) is 29.8 Å². The highest BCUT2D eigenvalue weighted by atomic mass is 35.5. The molecule has 2 aromatic rings. The number of likely N-dealkylation sites (N-methyl/N-ethyl adjacent to an activating group) is 1. The number of likely N-dealkylation sites (tertiary alicyclic amines) is 1. The molecule has 0 unspecified atom stereocenters. The molecule has 2 fully saturated rings. The van der Waals surface area contributed by atoms with Crippen LogP contribution in [0.25, 0.3) is 0 Å². The predicted octanol–water partition coefficient (Wildman–Crippen LogP) is 4.67. The normalized spacial score (nSPS) is 25.5. The number of anilines is 1. The van der Waals surface area contributed by atoms with Crippen molar-refractivity contribution < 1.29 is 14.3 Å². The van der Waals surface area contributed by atoms with E-state index in [1.165, 1.54) is 5.56 Å². The second-order valence-corrected chi connectivity index (χ2v) is 8.93. The SMILES string of the molecule is COc1ccc([C@@]23CC[C@H](NC(=O)Nc4ccccc4Cl)C[C@H]2N(C)CC3)cc1OC. The zero-order valence-corrected chi connectivity index (χ0v) is 19.0. The molecule has 6 nitrogen and oxygen atoms in total. The van der Waals surface area contributed by atoms with Gasteiger partial charge in [0.05, 0.1) is 24.9 Å². The van der Waals surface area contributed by atoms with Crippen LogP contribution >= 0.6 is 11.6 Å². The molecule has 0 radical (unpaired) electrons. The van der Waals surface area contributed by atoms with Crippen LogP contribution in [0.3, 0.4) is 0 Å². The largest absolute Gasteiger partial charge is 0.493 e. The molecule has 2 amide bonds. The molecule has 2 aliphatic rings. The Labute approximate surface area is 188 Å². The van der Waals surface area contributed by atoms with Crippen LogP contribution in [-0.4, -0.2) is 50.8 Å². The summed E-state index contributed by atoms with van der Waals surface area (Å²) in [5.41, 5.74) is 1.97. The molecule has 31 heavy (non-hydrogen) atoms. The number of carbonyl (C=O) groups excluding carboxylic acids is 1. The van der Waals surface area contributed by atoms with Gasteiger partial charge >= 0.3 is 6.03 Å². The lowest BCUT2D eigenvalue weighted by Gasteiger charge is -2.45. The first kappa shape index (κ1) is 21.8. The minimum Gasteiger partial charge on any atom is -0.493 e. The van der Waals surface area contributed by atoms with Crippen molar-refractivity contribution in [3.63, 3.8) is 0 Å². The lowest BCUT2D eigenvalue weighted by Crippen LogP contribution is -2.52. The van der Waals surface area contributed by atoms with Crippen LogP contribution in [0.15, 0.2) is 42.5 Å². The monoisotopic (exact) mass is 443 g/mol. The zero-order chi connectivity index (χ0) is 22.0. The molecule has 3 atom stereocenters. The van der Waals surface area contributed by atoms with E-state index in [-0.39, 0.29) is 17.5 Å². The number of benzene rings is 2. The molecule has 0 bridgehead atoms. The second-order valence-electron chi connectivity index (χ2n) is 8.52. The van der Waals surface area contributed by atoms with Gasteiger partial charge in [0.2, 0.25) is 0 Å². The van der Waals surface area contributed by atoms with Gasteiger partial charge in [-0.25, -0.2) is 4.79 Å². The fourth-order valence-electron chi connectivity index (χ4n) is 5.30. The number of amides is 2. The Bertz CT molecular complexity index is 953. The Hall–Kier alpha value is -2.44. The second kappa shape index (κ2) is 8.97. The average Bonchev–Trinajstić information content (AvgIpc) is 3.12. The summed E-state index contributed by atoms with van der Waals surface area (Å²) in [6.07, 6.45) is 3.94. The van der Waals surface area contributed by atoms with E-state index in [2.05, 4.69) is 34.7 Å². The summed E-state index contributed by atoms with van der Waals surface area (Å²) in [7, 11) is 5.52. The molecule has 7 heteroatoms. The molecule has 1 saturated carbocycles. The number of nitrogens with zero attached hydrogens (tertiary/aromatic N) is 1. The first-order valence-electron chi connectivity index (χ1n) is 10.7. The highest BCUT2D eigenvalue weighted by molar-refractivity contribution is 6.33. The highest BCUT2D eigenvalue weighted by Gasteiger charge is 2.50. The molecule has 4 rings (SSSR count). The van der Waals surface area contributed by atoms with Gasteiger partial charge in [-0.2, -0.15) is 0 Å². The summed E-state index contributed by atoms with van der Waals surface area (Å²) in [5, 5.41) is 6.56. The lowest BCUT2D eigenvalue weighted by molar-refractivity contribution is 0.156. The number of carbonyl (C=O) groups is 1. The van der Waals surface area contributed by atoms with Crippen molar-refractivity contribution in [1.29, 1.82) is 0 Å². The first-order valence-corrected chi connectivity index (χ1v) is 11.1. The van der Waals surface area contributed by atoms with Crippen LogP contribution in [0.2, 0.25) is 5.02 Å². The van der Waals surface area contributed by atoms with E-state index in [0.717, 1.165) is 43.7 Å². The van der Waals surface area contributed by atoms with Gasteiger partial charge in [-0.15, -0.1) is 0 Å². The van der Waals surface area contributed by atoms with E-state index in [1.54, 1.807) is 26.4 Å². The van der Waals surface area contributed by atoms with Crippen molar-refractivity contribution >= 4 is 23.3 Å². The van der Waals surface area contributed by atoms with E-state index in [0.29, 0.717) is 16.8 Å². The van der Waals surface area contributed by atoms with Gasteiger partial charge in [0.1, 0.15) is 0 Å². The molecular weight excluding hydrogens is 414 g/mol. The van der Waals surface area contributed by atoms with Gasteiger partial charge in [0, 0.05) is 17.5 Å². The van der Waals surface area contributed by atoms with Gasteiger partial charge in [-0.05, 0) is 69.1 Å². The third-order valence-electron chi connectivity index (χ3n) is 6.94. The average molecular weight is 444 g/mol. The van der Waals surface area contributed by atoms with E-state index < -0.39 is 0 Å². The maximum Gasteiger partial charge on any atom is 0.319 e. The number of fused-ring (bicyclic) bond motifs is 1. The van der Waals surface area contributed by atoms with Crippen LogP contribution < -0.4 is 20.1 Å². The van der Waals surface area contributed by atoms with Crippen molar-refractivity contribution in [2.24, 2.45) is 0 Å². The van der Waals surface area contributed by atoms with Crippen LogP contribution in [0.5, 0.6) is 11.5 Å². The minimum absolute atomic E-state index is 0.0612. The molecule has 1 saturated heterocycles. The van der Waals surface area contributed by atoms with E-state index in [4.69, 9.17) is 21.1 Å². The Balaban J connectivity index is 1.49. The molecule has 0 spiro atoms. The molecule has 166 valence electrons. The lowest BCUT2D eigenvalue weighted by atomic mass is 9.65. The Morgan fingerprint density at radius 1 is 1.13 bits per heavy atom. The number of rotatable bonds is 5. The minimum atomic E-state index is -0.211. The van der Waals surface area contributed by atoms with Gasteiger partial charge in [0.15, 0.2) is 11.5 Å². The van der Waals surface area contributed by atoms with Gasteiger partial charge in [0.25, 0.3) is 0 Å². The third-order valence-corrected chi connectivity index (χ3v) is 7.27. The third kappa shape index (κ3) is 4.19. The summed E-state index contributed by atoms with van der Waals surface area (Å²) in [5.74, 6) is 1.51. The number of urea groups is 1. The molecule has 1 aliphatic carbocycles. The number of ether oxygens (including phenoxy) is 2. The molecule has 2 aromatic carbocycles. The number of para-hydroxylation sites is 1. The van der Waals surface area contributed by atoms with Crippen LogP contribution in [0, 0.1) is 0 Å². The standard InChI is InChI=1S/C24H30ClN3O3/c1-28-13-12-24(16-8-9-20(30-2)21(14-16)31-3)11-10-17(15-22(24)28)26-23(29)27-19-7-5-4-6-18(19)25/h4-9,14,17,22H,10-13,15H2,1-3H3,(H2,26,27,29)/t17-,22+,24-/m0/s1. The zero-order valence-electron chi connectivity index (χ0n) is 18.3. The summed E-state index contributed by atoms with van der Waals surface area (Å²) in [6.45, 7) is 1.04. The van der Waals surface area contributed by atoms with Gasteiger partial charge < -0.3 is 25.0 Å². The summed E-state index contributed by atoms with van der Waals surface area (Å²) < 4.78 is 11.0. The van der Waals surface area contributed by atoms with Crippen molar-refractivity contribution in [3.05, 3.63) is 53.1 Å². The van der Waals surface area contributed by atoms with Crippen molar-refractivity contribution in [3.8, 4) is 11.5 Å². The van der Waals surface area contributed by atoms with Crippen LogP contribution in [0.1, 0.15) is 31.2 Å². The molecule has 1 heterocycles. The van der Waals surface area contributed by atoms with Crippen molar-refractivity contribution in [2.75, 3.05) is 33.1 Å². The fourth-order valence-corrected chi connectivity index (χ4v) is 5.48. The molecule has 2 N–H and O–H groups in total. The summed E-state index contributed by atoms with van der Waals surface area (Å²) in [4.78, 5) is 15.0. The van der Waals surface area contributed by atoms with Crippen LogP contribution in [-0.2, 0) is 5.41 Å². The van der Waals surface area contributed by atoms with Crippen LogP contribution in [0.4, 0.5) is 10.5 Å². The van der Waals surface area contributed by atoms with E-state index in [9.17, 15) is 4.79 Å². The smallest absolute Gasteiger partial charge is 0.319 e.